The number of nitrogens with two attached hydrogens (primary N) is 1. The number of hydrogen-bond acceptors (Lipinski definition) is 3. The fraction of sp³-hybridized carbons (Fsp3) is 0.308. The van der Waals surface area contributed by atoms with Gasteiger partial charge in [0.05, 0.1) is 22.1 Å². The standard InChI is InChI=1S/C13H16IN3O/c1-8(2)12-11(14)13(15)17(16-12)9-5-4-6-10(7-9)18-3/h4-8H,15H2,1-3H3. The van der Waals surface area contributed by atoms with Crippen molar-refractivity contribution in [2.24, 2.45) is 0 Å². The fourth-order valence-corrected chi connectivity index (χ4v) is 2.70. The molecular weight excluding hydrogens is 341 g/mol. The summed E-state index contributed by atoms with van der Waals surface area (Å²) in [7, 11) is 1.65. The van der Waals surface area contributed by atoms with Crippen LogP contribution >= 0.6 is 22.6 Å². The first-order valence-corrected chi connectivity index (χ1v) is 6.80. The van der Waals surface area contributed by atoms with E-state index in [1.54, 1.807) is 11.8 Å². The average Bonchev–Trinajstić information content (AvgIpc) is 2.67. The minimum absolute atomic E-state index is 0.353. The molecule has 96 valence electrons. The molecule has 0 unspecified atom stereocenters. The third-order valence-electron chi connectivity index (χ3n) is 2.73. The lowest BCUT2D eigenvalue weighted by Crippen LogP contribution is -2.02. The second-order valence-electron chi connectivity index (χ2n) is 4.35. The monoisotopic (exact) mass is 357 g/mol. The van der Waals surface area contributed by atoms with Gasteiger partial charge in [0, 0.05) is 6.07 Å². The van der Waals surface area contributed by atoms with Crippen molar-refractivity contribution < 1.29 is 4.74 Å². The fourth-order valence-electron chi connectivity index (χ4n) is 1.74. The molecule has 0 saturated carbocycles. The van der Waals surface area contributed by atoms with E-state index in [4.69, 9.17) is 10.5 Å². The van der Waals surface area contributed by atoms with Gasteiger partial charge in [-0.05, 0) is 40.6 Å². The molecule has 0 aliphatic rings. The highest BCUT2D eigenvalue weighted by molar-refractivity contribution is 14.1. The maximum atomic E-state index is 6.12. The van der Waals surface area contributed by atoms with Gasteiger partial charge in [-0.15, -0.1) is 0 Å². The Kier molecular flexibility index (Phi) is 3.79. The Balaban J connectivity index is 2.53. The van der Waals surface area contributed by atoms with Gasteiger partial charge in [0.1, 0.15) is 11.6 Å². The van der Waals surface area contributed by atoms with Crippen LogP contribution in [-0.4, -0.2) is 16.9 Å². The molecule has 2 rings (SSSR count). The van der Waals surface area contributed by atoms with E-state index in [-0.39, 0.29) is 0 Å². The van der Waals surface area contributed by atoms with Gasteiger partial charge in [0.15, 0.2) is 0 Å². The summed E-state index contributed by atoms with van der Waals surface area (Å²) in [5.41, 5.74) is 8.05. The van der Waals surface area contributed by atoms with Gasteiger partial charge in [-0.25, -0.2) is 4.68 Å². The van der Waals surface area contributed by atoms with E-state index in [9.17, 15) is 0 Å². The van der Waals surface area contributed by atoms with E-state index < -0.39 is 0 Å². The van der Waals surface area contributed by atoms with E-state index in [1.807, 2.05) is 24.3 Å². The molecule has 0 bridgehead atoms. The van der Waals surface area contributed by atoms with Crippen LogP contribution in [0.4, 0.5) is 5.82 Å². The number of rotatable bonds is 3. The molecule has 0 amide bonds. The minimum Gasteiger partial charge on any atom is -0.497 e. The van der Waals surface area contributed by atoms with Gasteiger partial charge in [-0.2, -0.15) is 5.10 Å². The number of halogens is 1. The molecular formula is C13H16IN3O. The molecule has 1 aromatic heterocycles. The largest absolute Gasteiger partial charge is 0.497 e. The van der Waals surface area contributed by atoms with Crippen molar-refractivity contribution >= 4 is 28.4 Å². The van der Waals surface area contributed by atoms with Crippen LogP contribution in [0, 0.1) is 3.57 Å². The van der Waals surface area contributed by atoms with E-state index in [1.165, 1.54) is 0 Å². The molecule has 0 aliphatic heterocycles. The molecule has 4 nitrogen and oxygen atoms in total. The summed E-state index contributed by atoms with van der Waals surface area (Å²) in [5.74, 6) is 1.82. The normalized spacial score (nSPS) is 10.9. The van der Waals surface area contributed by atoms with Gasteiger partial charge >= 0.3 is 0 Å². The SMILES string of the molecule is COc1cccc(-n2nc(C(C)C)c(I)c2N)c1. The molecule has 0 spiro atoms. The van der Waals surface area contributed by atoms with Crippen LogP contribution in [0.15, 0.2) is 24.3 Å². The zero-order valence-electron chi connectivity index (χ0n) is 10.6. The van der Waals surface area contributed by atoms with Gasteiger partial charge in [0.25, 0.3) is 0 Å². The summed E-state index contributed by atoms with van der Waals surface area (Å²) in [4.78, 5) is 0. The topological polar surface area (TPSA) is 53.1 Å². The Hall–Kier alpha value is -1.24. The first-order chi connectivity index (χ1) is 8.54. The number of benzene rings is 1. The molecule has 0 atom stereocenters. The number of methoxy groups -OCH3 is 1. The van der Waals surface area contributed by atoms with Crippen molar-refractivity contribution in [1.82, 2.24) is 9.78 Å². The summed E-state index contributed by atoms with van der Waals surface area (Å²) >= 11 is 2.25. The molecule has 1 heterocycles. The van der Waals surface area contributed by atoms with Gasteiger partial charge in [-0.3, -0.25) is 0 Å². The van der Waals surface area contributed by atoms with E-state index in [0.717, 1.165) is 20.7 Å². The quantitative estimate of drug-likeness (QED) is 0.859. The summed E-state index contributed by atoms with van der Waals surface area (Å²) in [6, 6.07) is 7.71. The van der Waals surface area contributed by atoms with E-state index in [0.29, 0.717) is 11.7 Å². The van der Waals surface area contributed by atoms with E-state index in [2.05, 4.69) is 41.5 Å². The lowest BCUT2D eigenvalue weighted by Gasteiger charge is -2.06. The van der Waals surface area contributed by atoms with Crippen LogP contribution < -0.4 is 10.5 Å². The predicted molar refractivity (Wildman–Crippen MR) is 81.3 cm³/mol. The van der Waals surface area contributed by atoms with Crippen molar-refractivity contribution in [3.8, 4) is 11.4 Å². The van der Waals surface area contributed by atoms with Crippen LogP contribution in [0.1, 0.15) is 25.5 Å². The summed E-state index contributed by atoms with van der Waals surface area (Å²) in [5, 5.41) is 4.58. The maximum absolute atomic E-state index is 6.12. The van der Waals surface area contributed by atoms with Crippen LogP contribution in [0.25, 0.3) is 5.69 Å². The molecule has 18 heavy (non-hydrogen) atoms. The second kappa shape index (κ2) is 5.17. The molecule has 2 aromatic rings. The molecule has 1 aromatic carbocycles. The maximum Gasteiger partial charge on any atom is 0.141 e. The first kappa shape index (κ1) is 13.2. The molecule has 0 fully saturated rings. The predicted octanol–water partition coefficient (Wildman–Crippen LogP) is 3.19. The lowest BCUT2D eigenvalue weighted by molar-refractivity contribution is 0.414. The molecule has 2 N–H and O–H groups in total. The lowest BCUT2D eigenvalue weighted by atomic mass is 10.1. The van der Waals surface area contributed by atoms with Crippen molar-refractivity contribution in [3.63, 3.8) is 0 Å². The van der Waals surface area contributed by atoms with Crippen LogP contribution in [0.5, 0.6) is 5.75 Å². The summed E-state index contributed by atoms with van der Waals surface area (Å²) < 4.78 is 8.00. The highest BCUT2D eigenvalue weighted by Crippen LogP contribution is 2.28. The number of aromatic nitrogens is 2. The Bertz CT molecular complexity index is 563. The Labute approximate surface area is 120 Å². The molecule has 0 aliphatic carbocycles. The number of nitrogens with zero attached hydrogens (tertiary/aromatic N) is 2. The third-order valence-corrected chi connectivity index (χ3v) is 3.84. The number of hydrogen-bond donors (Lipinski definition) is 1. The van der Waals surface area contributed by atoms with Crippen molar-refractivity contribution in [2.45, 2.75) is 19.8 Å². The van der Waals surface area contributed by atoms with Gasteiger partial charge < -0.3 is 10.5 Å². The van der Waals surface area contributed by atoms with Crippen molar-refractivity contribution in [2.75, 3.05) is 12.8 Å². The number of ether oxygens (including phenoxy) is 1. The van der Waals surface area contributed by atoms with Crippen molar-refractivity contribution in [3.05, 3.63) is 33.5 Å². The Morgan fingerprint density at radius 3 is 2.67 bits per heavy atom. The second-order valence-corrected chi connectivity index (χ2v) is 5.43. The smallest absolute Gasteiger partial charge is 0.141 e. The molecule has 0 saturated heterocycles. The Morgan fingerprint density at radius 2 is 2.11 bits per heavy atom. The van der Waals surface area contributed by atoms with Gasteiger partial charge in [0.2, 0.25) is 0 Å². The third kappa shape index (κ3) is 2.31. The summed E-state index contributed by atoms with van der Waals surface area (Å²) in [6.07, 6.45) is 0. The van der Waals surface area contributed by atoms with Crippen LogP contribution in [-0.2, 0) is 0 Å². The van der Waals surface area contributed by atoms with Crippen LogP contribution in [0.3, 0.4) is 0 Å². The Morgan fingerprint density at radius 1 is 1.39 bits per heavy atom. The highest BCUT2D eigenvalue weighted by atomic mass is 127. The first-order valence-electron chi connectivity index (χ1n) is 5.73. The minimum atomic E-state index is 0.353. The zero-order valence-corrected chi connectivity index (χ0v) is 12.8. The zero-order chi connectivity index (χ0) is 13.3. The average molecular weight is 357 g/mol. The number of anilines is 1. The number of nitrogen functional groups attached to an aromatic ring is 1. The summed E-state index contributed by atoms with van der Waals surface area (Å²) in [6.45, 7) is 4.22. The highest BCUT2D eigenvalue weighted by Gasteiger charge is 2.16. The molecule has 0 radical (unpaired) electrons. The van der Waals surface area contributed by atoms with Gasteiger partial charge in [-0.1, -0.05) is 19.9 Å². The van der Waals surface area contributed by atoms with Crippen molar-refractivity contribution in [1.29, 1.82) is 0 Å². The van der Waals surface area contributed by atoms with Crippen LogP contribution in [0.2, 0.25) is 0 Å². The van der Waals surface area contributed by atoms with E-state index >= 15 is 0 Å². The molecule has 5 heteroatoms.